The van der Waals surface area contributed by atoms with E-state index in [2.05, 4.69) is 15.5 Å². The monoisotopic (exact) mass is 247 g/mol. The fourth-order valence-corrected chi connectivity index (χ4v) is 1.50. The number of nitrogens with one attached hydrogen (secondary N) is 1. The SMILES string of the molecule is Cc1cccnc1CNCc1cc(C(=O)O)no1. The summed E-state index contributed by atoms with van der Waals surface area (Å²) in [4.78, 5) is 14.8. The summed E-state index contributed by atoms with van der Waals surface area (Å²) in [5, 5.41) is 15.2. The first-order valence-corrected chi connectivity index (χ1v) is 5.47. The molecule has 6 nitrogen and oxygen atoms in total. The molecule has 0 spiro atoms. The van der Waals surface area contributed by atoms with Crippen molar-refractivity contribution in [3.63, 3.8) is 0 Å². The van der Waals surface area contributed by atoms with Crippen LogP contribution in [-0.2, 0) is 13.1 Å². The lowest BCUT2D eigenvalue weighted by molar-refractivity contribution is 0.0685. The Hall–Kier alpha value is -2.21. The number of hydrogen-bond donors (Lipinski definition) is 2. The van der Waals surface area contributed by atoms with Crippen LogP contribution in [0.15, 0.2) is 28.9 Å². The molecule has 0 amide bonds. The molecule has 0 unspecified atom stereocenters. The van der Waals surface area contributed by atoms with Gasteiger partial charge in [0.05, 0.1) is 12.2 Å². The van der Waals surface area contributed by atoms with Gasteiger partial charge in [-0.2, -0.15) is 0 Å². The summed E-state index contributed by atoms with van der Waals surface area (Å²) in [6, 6.07) is 5.27. The first kappa shape index (κ1) is 12.3. The van der Waals surface area contributed by atoms with Gasteiger partial charge >= 0.3 is 5.97 Å². The van der Waals surface area contributed by atoms with Gasteiger partial charge in [-0.15, -0.1) is 0 Å². The standard InChI is InChI=1S/C12H13N3O3/c1-8-3-2-4-14-11(8)7-13-6-9-5-10(12(16)17)15-18-9/h2-5,13H,6-7H2,1H3,(H,16,17). The zero-order valence-electron chi connectivity index (χ0n) is 9.88. The van der Waals surface area contributed by atoms with Crippen molar-refractivity contribution < 1.29 is 14.4 Å². The zero-order valence-corrected chi connectivity index (χ0v) is 9.88. The molecular formula is C12H13N3O3. The van der Waals surface area contributed by atoms with Gasteiger partial charge in [-0.3, -0.25) is 4.98 Å². The van der Waals surface area contributed by atoms with E-state index >= 15 is 0 Å². The van der Waals surface area contributed by atoms with E-state index in [0.717, 1.165) is 11.3 Å². The molecule has 0 bridgehead atoms. The maximum Gasteiger partial charge on any atom is 0.358 e. The molecule has 2 rings (SSSR count). The van der Waals surface area contributed by atoms with Crippen molar-refractivity contribution in [2.45, 2.75) is 20.0 Å². The minimum absolute atomic E-state index is 0.0826. The Kier molecular flexibility index (Phi) is 3.69. The van der Waals surface area contributed by atoms with E-state index in [0.29, 0.717) is 18.8 Å². The molecule has 94 valence electrons. The third-order valence-electron chi connectivity index (χ3n) is 2.49. The molecule has 0 aliphatic carbocycles. The van der Waals surface area contributed by atoms with E-state index < -0.39 is 5.97 Å². The number of carboxylic acid groups (broad SMARTS) is 1. The number of hydrogen-bond acceptors (Lipinski definition) is 5. The van der Waals surface area contributed by atoms with Crippen LogP contribution in [0.25, 0.3) is 0 Å². The van der Waals surface area contributed by atoms with Gasteiger partial charge in [0.1, 0.15) is 0 Å². The Balaban J connectivity index is 1.88. The molecule has 6 heteroatoms. The third kappa shape index (κ3) is 2.92. The zero-order chi connectivity index (χ0) is 13.0. The van der Waals surface area contributed by atoms with Crippen molar-refractivity contribution in [3.05, 3.63) is 47.1 Å². The van der Waals surface area contributed by atoms with E-state index in [-0.39, 0.29) is 5.69 Å². The Morgan fingerprint density at radius 1 is 1.50 bits per heavy atom. The van der Waals surface area contributed by atoms with Crippen molar-refractivity contribution >= 4 is 5.97 Å². The summed E-state index contributed by atoms with van der Waals surface area (Å²) in [5.41, 5.74) is 1.98. The van der Waals surface area contributed by atoms with Gasteiger partial charge in [0.2, 0.25) is 0 Å². The summed E-state index contributed by atoms with van der Waals surface area (Å²) in [5.74, 6) is -0.605. The molecule has 0 radical (unpaired) electrons. The van der Waals surface area contributed by atoms with Gasteiger partial charge in [-0.25, -0.2) is 4.79 Å². The Bertz CT molecular complexity index is 551. The first-order valence-electron chi connectivity index (χ1n) is 5.47. The van der Waals surface area contributed by atoms with E-state index in [4.69, 9.17) is 9.63 Å². The van der Waals surface area contributed by atoms with E-state index in [1.54, 1.807) is 6.20 Å². The second-order valence-electron chi connectivity index (χ2n) is 3.85. The summed E-state index contributed by atoms with van der Waals surface area (Å²) in [6.07, 6.45) is 1.74. The normalized spacial score (nSPS) is 10.5. The van der Waals surface area contributed by atoms with Crippen LogP contribution in [0.3, 0.4) is 0 Å². The minimum atomic E-state index is -1.09. The summed E-state index contributed by atoms with van der Waals surface area (Å²) < 4.78 is 4.88. The van der Waals surface area contributed by atoms with Crippen LogP contribution in [0, 0.1) is 6.92 Å². The number of rotatable bonds is 5. The Labute approximate surface area is 104 Å². The van der Waals surface area contributed by atoms with Crippen LogP contribution in [-0.4, -0.2) is 21.2 Å². The van der Waals surface area contributed by atoms with E-state index in [1.165, 1.54) is 6.07 Å². The number of aryl methyl sites for hydroxylation is 1. The van der Waals surface area contributed by atoms with Crippen LogP contribution in [0.4, 0.5) is 0 Å². The highest BCUT2D eigenvalue weighted by Gasteiger charge is 2.10. The molecule has 0 atom stereocenters. The predicted octanol–water partition coefficient (Wildman–Crippen LogP) is 1.37. The summed E-state index contributed by atoms with van der Waals surface area (Å²) in [7, 11) is 0. The first-order chi connectivity index (χ1) is 8.66. The lowest BCUT2D eigenvalue weighted by atomic mass is 10.2. The maximum absolute atomic E-state index is 10.6. The van der Waals surface area contributed by atoms with Gasteiger partial charge < -0.3 is 14.9 Å². The molecule has 0 aliphatic rings. The summed E-state index contributed by atoms with van der Waals surface area (Å²) >= 11 is 0. The molecule has 2 heterocycles. The average Bonchev–Trinajstić information content (AvgIpc) is 2.80. The largest absolute Gasteiger partial charge is 0.476 e. The summed E-state index contributed by atoms with van der Waals surface area (Å²) in [6.45, 7) is 2.99. The Morgan fingerprint density at radius 3 is 3.00 bits per heavy atom. The highest BCUT2D eigenvalue weighted by atomic mass is 16.5. The minimum Gasteiger partial charge on any atom is -0.476 e. The van der Waals surface area contributed by atoms with Crippen LogP contribution in [0.5, 0.6) is 0 Å². The second-order valence-corrected chi connectivity index (χ2v) is 3.85. The van der Waals surface area contributed by atoms with Gasteiger partial charge in [0.25, 0.3) is 0 Å². The van der Waals surface area contributed by atoms with Gasteiger partial charge in [-0.05, 0) is 18.6 Å². The molecule has 2 aromatic heterocycles. The van der Waals surface area contributed by atoms with Crippen molar-refractivity contribution in [1.82, 2.24) is 15.5 Å². The average molecular weight is 247 g/mol. The lowest BCUT2D eigenvalue weighted by Crippen LogP contribution is -2.14. The number of aromatic carboxylic acids is 1. The van der Waals surface area contributed by atoms with Crippen LogP contribution in [0.1, 0.15) is 27.5 Å². The van der Waals surface area contributed by atoms with Crippen molar-refractivity contribution in [1.29, 1.82) is 0 Å². The van der Waals surface area contributed by atoms with Crippen molar-refractivity contribution in [2.75, 3.05) is 0 Å². The predicted molar refractivity (Wildman–Crippen MR) is 63.0 cm³/mol. The lowest BCUT2D eigenvalue weighted by Gasteiger charge is -2.04. The van der Waals surface area contributed by atoms with Crippen LogP contribution < -0.4 is 5.32 Å². The van der Waals surface area contributed by atoms with Crippen molar-refractivity contribution in [2.24, 2.45) is 0 Å². The van der Waals surface area contributed by atoms with E-state index in [1.807, 2.05) is 19.1 Å². The number of aromatic nitrogens is 2. The number of carboxylic acids is 1. The van der Waals surface area contributed by atoms with Crippen molar-refractivity contribution in [3.8, 4) is 0 Å². The highest BCUT2D eigenvalue weighted by Crippen LogP contribution is 2.05. The number of pyridine rings is 1. The second kappa shape index (κ2) is 5.42. The number of carbonyl (C=O) groups is 1. The molecule has 0 saturated heterocycles. The van der Waals surface area contributed by atoms with E-state index in [9.17, 15) is 4.79 Å². The highest BCUT2D eigenvalue weighted by molar-refractivity contribution is 5.85. The third-order valence-corrected chi connectivity index (χ3v) is 2.49. The molecule has 0 aromatic carbocycles. The molecule has 2 aromatic rings. The smallest absolute Gasteiger partial charge is 0.358 e. The molecule has 0 fully saturated rings. The fraction of sp³-hybridized carbons (Fsp3) is 0.250. The molecule has 0 saturated carbocycles. The molecule has 18 heavy (non-hydrogen) atoms. The van der Waals surface area contributed by atoms with Gasteiger partial charge in [0.15, 0.2) is 11.5 Å². The number of nitrogens with zero attached hydrogens (tertiary/aromatic N) is 2. The topological polar surface area (TPSA) is 88.2 Å². The van der Waals surface area contributed by atoms with Gasteiger partial charge in [-0.1, -0.05) is 11.2 Å². The molecular weight excluding hydrogens is 234 g/mol. The molecule has 2 N–H and O–H groups in total. The van der Waals surface area contributed by atoms with Gasteiger partial charge in [0, 0.05) is 18.8 Å². The fourth-order valence-electron chi connectivity index (χ4n) is 1.50. The maximum atomic E-state index is 10.6. The molecule has 0 aliphatic heterocycles. The quantitative estimate of drug-likeness (QED) is 0.829. The Morgan fingerprint density at radius 2 is 2.33 bits per heavy atom. The van der Waals surface area contributed by atoms with Crippen LogP contribution in [0.2, 0.25) is 0 Å². The van der Waals surface area contributed by atoms with Crippen LogP contribution >= 0.6 is 0 Å².